The first kappa shape index (κ1) is 26.3. The molecule has 0 spiro atoms. The first-order valence-electron chi connectivity index (χ1n) is 14.5. The predicted octanol–water partition coefficient (Wildman–Crippen LogP) is 0.146. The normalized spacial score (nSPS) is 29.0. The fourth-order valence-electron chi connectivity index (χ4n) is 8.10. The molecule has 5 heterocycles. The predicted molar refractivity (Wildman–Crippen MR) is 150 cm³/mol. The first-order chi connectivity index (χ1) is 20.7. The first-order valence-corrected chi connectivity index (χ1v) is 14.5. The number of nitrogens with one attached hydrogen (secondary N) is 3. The van der Waals surface area contributed by atoms with Crippen molar-refractivity contribution in [3.05, 3.63) is 56.5 Å². The van der Waals surface area contributed by atoms with E-state index in [-0.39, 0.29) is 48.4 Å². The molecule has 3 unspecified atom stereocenters. The molecular formula is C30H31N5O8. The number of rotatable bonds is 6. The van der Waals surface area contributed by atoms with Gasteiger partial charge in [-0.3, -0.25) is 19.2 Å². The van der Waals surface area contributed by atoms with E-state index in [4.69, 9.17) is 19.9 Å². The topological polar surface area (TPSA) is 183 Å². The summed E-state index contributed by atoms with van der Waals surface area (Å²) in [5, 5.41) is 19.3. The van der Waals surface area contributed by atoms with Gasteiger partial charge in [-0.2, -0.15) is 0 Å². The van der Waals surface area contributed by atoms with E-state index in [2.05, 4.69) is 16.0 Å². The standard InChI is InChI=1S/C30H31N5O8/c1-13(32-23(37)5-31)26(38)34-30-9-29(10-30,11-30)24-15-3-21-22(43-12-42-21)4-19(15)33-25-16(24)6-35-20(25)2-14-17(7-36)28(40)41-8-18(14)27(35)39/h2-4,13,17,25,33,36H,5-12,31H2,1H3,(H,32,37)(H,34,38). The van der Waals surface area contributed by atoms with Gasteiger partial charge in [-0.1, -0.05) is 0 Å². The number of aliphatic hydroxyl groups is 1. The smallest absolute Gasteiger partial charge is 0.316 e. The molecule has 1 aromatic carbocycles. The monoisotopic (exact) mass is 589 g/mol. The van der Waals surface area contributed by atoms with Crippen molar-refractivity contribution in [2.75, 3.05) is 25.3 Å². The Kier molecular flexibility index (Phi) is 5.40. The summed E-state index contributed by atoms with van der Waals surface area (Å²) in [5.74, 6) is -0.799. The molecule has 4 aliphatic heterocycles. The number of aromatic nitrogens is 1. The minimum Gasteiger partial charge on any atom is -0.460 e. The van der Waals surface area contributed by atoms with E-state index >= 15 is 0 Å². The Bertz CT molecular complexity index is 1720. The van der Waals surface area contributed by atoms with Crippen LogP contribution in [0.5, 0.6) is 11.5 Å². The Morgan fingerprint density at radius 3 is 2.63 bits per heavy atom. The molecule has 13 heteroatoms. The second kappa shape index (κ2) is 8.83. The van der Waals surface area contributed by atoms with Gasteiger partial charge in [-0.15, -0.1) is 0 Å². The number of benzene rings is 1. The summed E-state index contributed by atoms with van der Waals surface area (Å²) in [5.41, 5.74) is 10.2. The average Bonchev–Trinajstić information content (AvgIpc) is 3.56. The molecule has 1 aromatic heterocycles. The number of allylic oxidation sites excluding steroid dienone is 1. The van der Waals surface area contributed by atoms with E-state index < -0.39 is 30.4 Å². The molecule has 43 heavy (non-hydrogen) atoms. The van der Waals surface area contributed by atoms with Crippen LogP contribution in [0.3, 0.4) is 0 Å². The molecule has 0 radical (unpaired) electrons. The molecule has 3 saturated carbocycles. The number of amides is 2. The van der Waals surface area contributed by atoms with E-state index in [9.17, 15) is 24.3 Å². The Hall–Kier alpha value is -4.36. The highest BCUT2D eigenvalue weighted by molar-refractivity contribution is 5.92. The SMILES string of the molecule is CC(NC(=O)CN)C(=O)NC12CC(C3=C4Cn5c(cc6c(c5=O)COC(=O)C6CO)C4Nc4cc5c(cc43)OCO5)(C1)C2. The lowest BCUT2D eigenvalue weighted by molar-refractivity contribution is -0.149. The number of anilines is 1. The Labute approximate surface area is 245 Å². The van der Waals surface area contributed by atoms with Gasteiger partial charge in [-0.05, 0) is 55.0 Å². The molecule has 2 bridgehead atoms. The van der Waals surface area contributed by atoms with Crippen molar-refractivity contribution in [2.24, 2.45) is 11.1 Å². The van der Waals surface area contributed by atoms with E-state index in [1.807, 2.05) is 18.2 Å². The van der Waals surface area contributed by atoms with Gasteiger partial charge in [-0.25, -0.2) is 0 Å². The summed E-state index contributed by atoms with van der Waals surface area (Å²) in [6.07, 6.45) is 2.16. The van der Waals surface area contributed by atoms with Gasteiger partial charge in [0.25, 0.3) is 5.56 Å². The quantitative estimate of drug-likeness (QED) is 0.291. The maximum atomic E-state index is 13.8. The summed E-state index contributed by atoms with van der Waals surface area (Å²) in [7, 11) is 0. The number of fused-ring (bicyclic) bond motifs is 6. The highest BCUT2D eigenvalue weighted by Gasteiger charge is 2.71. The zero-order valence-corrected chi connectivity index (χ0v) is 23.5. The van der Waals surface area contributed by atoms with Crippen LogP contribution >= 0.6 is 0 Å². The summed E-state index contributed by atoms with van der Waals surface area (Å²) in [6, 6.07) is 4.74. The Morgan fingerprint density at radius 2 is 1.91 bits per heavy atom. The lowest BCUT2D eigenvalue weighted by Gasteiger charge is -2.72. The number of esters is 1. The van der Waals surface area contributed by atoms with Crippen LogP contribution in [-0.2, 0) is 32.3 Å². The van der Waals surface area contributed by atoms with Crippen LogP contribution < -0.4 is 36.7 Å². The third-order valence-electron chi connectivity index (χ3n) is 9.95. The fourth-order valence-corrected chi connectivity index (χ4v) is 8.10. The fraction of sp³-hybridized carbons (Fsp3) is 0.467. The van der Waals surface area contributed by atoms with Crippen molar-refractivity contribution in [3.63, 3.8) is 0 Å². The van der Waals surface area contributed by atoms with E-state index in [1.54, 1.807) is 11.5 Å². The van der Waals surface area contributed by atoms with Crippen LogP contribution in [0.2, 0.25) is 0 Å². The lowest BCUT2D eigenvalue weighted by atomic mass is 9.36. The van der Waals surface area contributed by atoms with Crippen LogP contribution in [0.4, 0.5) is 5.69 Å². The molecule has 0 saturated heterocycles. The zero-order chi connectivity index (χ0) is 29.8. The maximum absolute atomic E-state index is 13.8. The number of nitrogens with two attached hydrogens (primary N) is 1. The number of hydrogen-bond acceptors (Lipinski definition) is 10. The lowest BCUT2D eigenvalue weighted by Crippen LogP contribution is -2.76. The second-order valence-corrected chi connectivity index (χ2v) is 12.5. The maximum Gasteiger partial charge on any atom is 0.316 e. The van der Waals surface area contributed by atoms with Crippen molar-refractivity contribution in [1.82, 2.24) is 15.2 Å². The van der Waals surface area contributed by atoms with Crippen molar-refractivity contribution >= 4 is 29.0 Å². The molecule has 3 fully saturated rings. The highest BCUT2D eigenvalue weighted by atomic mass is 16.7. The molecule has 2 amide bonds. The third-order valence-corrected chi connectivity index (χ3v) is 9.95. The number of pyridine rings is 1. The number of carbonyl (C=O) groups is 3. The third kappa shape index (κ3) is 3.58. The minimum atomic E-state index is -0.905. The molecule has 6 N–H and O–H groups in total. The summed E-state index contributed by atoms with van der Waals surface area (Å²) in [6.45, 7) is 1.38. The van der Waals surface area contributed by atoms with Crippen LogP contribution in [0.15, 0.2) is 28.6 Å². The van der Waals surface area contributed by atoms with Gasteiger partial charge in [0.1, 0.15) is 18.6 Å². The molecule has 7 aliphatic rings. The molecule has 2 aromatic rings. The van der Waals surface area contributed by atoms with Crippen LogP contribution in [0.1, 0.15) is 60.5 Å². The number of cyclic esters (lactones) is 1. The van der Waals surface area contributed by atoms with Crippen LogP contribution in [0.25, 0.3) is 5.57 Å². The summed E-state index contributed by atoms with van der Waals surface area (Å²) >= 11 is 0. The second-order valence-electron chi connectivity index (χ2n) is 12.5. The molecule has 9 rings (SSSR count). The van der Waals surface area contributed by atoms with Gasteiger partial charge in [0.05, 0.1) is 24.8 Å². The summed E-state index contributed by atoms with van der Waals surface area (Å²) in [4.78, 5) is 50.7. The number of hydrogen-bond donors (Lipinski definition) is 5. The van der Waals surface area contributed by atoms with Crippen molar-refractivity contribution < 1.29 is 33.7 Å². The largest absolute Gasteiger partial charge is 0.460 e. The average molecular weight is 590 g/mol. The molecule has 13 nitrogen and oxygen atoms in total. The van der Waals surface area contributed by atoms with E-state index in [0.29, 0.717) is 29.2 Å². The molecule has 3 atom stereocenters. The van der Waals surface area contributed by atoms with E-state index in [0.717, 1.165) is 47.4 Å². The number of ether oxygens (including phenoxy) is 3. The van der Waals surface area contributed by atoms with Crippen molar-refractivity contribution in [3.8, 4) is 11.5 Å². The van der Waals surface area contributed by atoms with Gasteiger partial charge >= 0.3 is 5.97 Å². The Balaban J connectivity index is 1.18. The summed E-state index contributed by atoms with van der Waals surface area (Å²) < 4.78 is 18.4. The van der Waals surface area contributed by atoms with Gasteiger partial charge in [0.15, 0.2) is 11.5 Å². The van der Waals surface area contributed by atoms with Crippen LogP contribution in [-0.4, -0.2) is 59.0 Å². The molecular weight excluding hydrogens is 558 g/mol. The molecule has 224 valence electrons. The van der Waals surface area contributed by atoms with Gasteiger partial charge in [0.2, 0.25) is 18.6 Å². The Morgan fingerprint density at radius 1 is 1.16 bits per heavy atom. The van der Waals surface area contributed by atoms with Crippen molar-refractivity contribution in [2.45, 2.75) is 62.9 Å². The minimum absolute atomic E-state index is 0.119. The van der Waals surface area contributed by atoms with Gasteiger partial charge in [0, 0.05) is 40.5 Å². The number of carbonyl (C=O) groups excluding carboxylic acids is 3. The highest BCUT2D eigenvalue weighted by Crippen LogP contribution is 2.74. The van der Waals surface area contributed by atoms with E-state index in [1.165, 1.54) is 0 Å². The van der Waals surface area contributed by atoms with Crippen LogP contribution in [0, 0.1) is 5.41 Å². The number of aliphatic hydroxyl groups excluding tert-OH is 1. The zero-order valence-electron chi connectivity index (χ0n) is 23.5. The van der Waals surface area contributed by atoms with Crippen molar-refractivity contribution in [1.29, 1.82) is 0 Å². The van der Waals surface area contributed by atoms with Gasteiger partial charge < -0.3 is 45.6 Å². The molecule has 3 aliphatic carbocycles. The number of nitrogens with zero attached hydrogens (tertiary/aromatic N) is 1.